The van der Waals surface area contributed by atoms with Crippen LogP contribution in [0.5, 0.6) is 11.5 Å². The summed E-state index contributed by atoms with van der Waals surface area (Å²) in [6.07, 6.45) is 1.74. The van der Waals surface area contributed by atoms with E-state index < -0.39 is 19.9 Å². The van der Waals surface area contributed by atoms with E-state index in [1.807, 2.05) is 0 Å². The second kappa shape index (κ2) is 9.77. The molecular weight excluding hydrogens is 420 g/mol. The average molecular weight is 449 g/mol. The van der Waals surface area contributed by atoms with E-state index in [2.05, 4.69) is 4.72 Å². The SMILES string of the molecule is CC(C)N(CCS(C)(=O)=O)C(=O)CCNS(=O)(=O)c1ccc2c(c1)OCCCO2. The minimum atomic E-state index is -3.83. The molecule has 1 amide bonds. The summed E-state index contributed by atoms with van der Waals surface area (Å²) in [5, 5.41) is 0. The van der Waals surface area contributed by atoms with Gasteiger partial charge in [0.1, 0.15) is 9.84 Å². The van der Waals surface area contributed by atoms with Crippen LogP contribution in [-0.4, -0.2) is 72.0 Å². The first-order valence-electron chi connectivity index (χ1n) is 9.36. The Labute approximate surface area is 172 Å². The minimum Gasteiger partial charge on any atom is -0.490 e. The Bertz CT molecular complexity index is 928. The van der Waals surface area contributed by atoms with E-state index in [-0.39, 0.29) is 42.1 Å². The fraction of sp³-hybridized carbons (Fsp3) is 0.611. The van der Waals surface area contributed by atoms with Crippen molar-refractivity contribution in [2.45, 2.75) is 37.6 Å². The van der Waals surface area contributed by atoms with Crippen molar-refractivity contribution in [1.82, 2.24) is 9.62 Å². The molecule has 0 aromatic heterocycles. The molecule has 1 aromatic carbocycles. The maximum atomic E-state index is 12.5. The van der Waals surface area contributed by atoms with Crippen LogP contribution in [-0.2, 0) is 24.7 Å². The maximum Gasteiger partial charge on any atom is 0.240 e. The minimum absolute atomic E-state index is 0.0204. The summed E-state index contributed by atoms with van der Waals surface area (Å²) >= 11 is 0. The Morgan fingerprint density at radius 3 is 2.41 bits per heavy atom. The van der Waals surface area contributed by atoms with Gasteiger partial charge >= 0.3 is 0 Å². The van der Waals surface area contributed by atoms with Crippen LogP contribution in [0.1, 0.15) is 26.7 Å². The second-order valence-corrected chi connectivity index (χ2v) is 11.1. The van der Waals surface area contributed by atoms with Gasteiger partial charge in [-0.1, -0.05) is 0 Å². The molecule has 0 unspecified atom stereocenters. The number of hydrogen-bond donors (Lipinski definition) is 1. The van der Waals surface area contributed by atoms with E-state index in [4.69, 9.17) is 9.47 Å². The molecule has 29 heavy (non-hydrogen) atoms. The zero-order valence-electron chi connectivity index (χ0n) is 16.9. The van der Waals surface area contributed by atoms with Gasteiger partial charge in [-0.15, -0.1) is 0 Å². The number of amides is 1. The lowest BCUT2D eigenvalue weighted by atomic mass is 10.2. The van der Waals surface area contributed by atoms with Crippen LogP contribution in [0.4, 0.5) is 0 Å². The third kappa shape index (κ3) is 7.16. The molecule has 0 radical (unpaired) electrons. The Kier molecular flexibility index (Phi) is 7.89. The van der Waals surface area contributed by atoms with E-state index in [0.29, 0.717) is 31.1 Å². The molecule has 0 bridgehead atoms. The summed E-state index contributed by atoms with van der Waals surface area (Å²) in [5.41, 5.74) is 0. The van der Waals surface area contributed by atoms with Crippen LogP contribution in [0.15, 0.2) is 23.1 Å². The van der Waals surface area contributed by atoms with Gasteiger partial charge in [0.25, 0.3) is 0 Å². The molecule has 0 aliphatic carbocycles. The number of nitrogens with zero attached hydrogens (tertiary/aromatic N) is 1. The van der Waals surface area contributed by atoms with Crippen LogP contribution in [0.3, 0.4) is 0 Å². The van der Waals surface area contributed by atoms with Gasteiger partial charge in [0.2, 0.25) is 15.9 Å². The summed E-state index contributed by atoms with van der Waals surface area (Å²) in [6, 6.07) is 4.18. The molecule has 2 rings (SSSR count). The van der Waals surface area contributed by atoms with E-state index in [1.54, 1.807) is 19.9 Å². The van der Waals surface area contributed by atoms with Crippen molar-refractivity contribution in [3.05, 3.63) is 18.2 Å². The summed E-state index contributed by atoms with van der Waals surface area (Å²) < 4.78 is 61.2. The number of nitrogens with one attached hydrogen (secondary N) is 1. The Morgan fingerprint density at radius 2 is 1.79 bits per heavy atom. The van der Waals surface area contributed by atoms with Crippen molar-refractivity contribution in [1.29, 1.82) is 0 Å². The predicted molar refractivity (Wildman–Crippen MR) is 108 cm³/mol. The summed E-state index contributed by atoms with van der Waals surface area (Å²) in [6.45, 7) is 4.48. The molecule has 9 nitrogen and oxygen atoms in total. The molecule has 1 N–H and O–H groups in total. The van der Waals surface area contributed by atoms with Crippen molar-refractivity contribution < 1.29 is 31.1 Å². The van der Waals surface area contributed by atoms with Crippen molar-refractivity contribution in [3.63, 3.8) is 0 Å². The molecular formula is C18H28N2O7S2. The summed E-state index contributed by atoms with van der Waals surface area (Å²) in [7, 11) is -7.04. The van der Waals surface area contributed by atoms with Gasteiger partial charge in [-0.3, -0.25) is 4.79 Å². The first-order chi connectivity index (χ1) is 13.5. The zero-order chi connectivity index (χ0) is 21.7. The lowest BCUT2D eigenvalue weighted by Crippen LogP contribution is -2.41. The first kappa shape index (κ1) is 23.4. The highest BCUT2D eigenvalue weighted by molar-refractivity contribution is 7.90. The largest absolute Gasteiger partial charge is 0.490 e. The molecule has 11 heteroatoms. The quantitative estimate of drug-likeness (QED) is 0.593. The number of benzene rings is 1. The highest BCUT2D eigenvalue weighted by Gasteiger charge is 2.21. The Balaban J connectivity index is 1.97. The van der Waals surface area contributed by atoms with Crippen LogP contribution >= 0.6 is 0 Å². The van der Waals surface area contributed by atoms with Crippen molar-refractivity contribution in [2.24, 2.45) is 0 Å². The highest BCUT2D eigenvalue weighted by atomic mass is 32.2. The average Bonchev–Trinajstić information content (AvgIpc) is 2.85. The molecule has 0 atom stereocenters. The first-order valence-corrected chi connectivity index (χ1v) is 12.9. The predicted octanol–water partition coefficient (Wildman–Crippen LogP) is 0.798. The number of ether oxygens (including phenoxy) is 2. The number of sulfone groups is 1. The molecule has 164 valence electrons. The third-order valence-electron chi connectivity index (χ3n) is 4.31. The van der Waals surface area contributed by atoms with Gasteiger partial charge in [0.15, 0.2) is 11.5 Å². The molecule has 1 aliphatic rings. The van der Waals surface area contributed by atoms with Crippen LogP contribution in [0, 0.1) is 0 Å². The smallest absolute Gasteiger partial charge is 0.240 e. The number of hydrogen-bond acceptors (Lipinski definition) is 7. The fourth-order valence-corrected chi connectivity index (χ4v) is 4.34. The summed E-state index contributed by atoms with van der Waals surface area (Å²) in [4.78, 5) is 13.9. The number of carbonyl (C=O) groups excluding carboxylic acids is 1. The Morgan fingerprint density at radius 1 is 1.14 bits per heavy atom. The van der Waals surface area contributed by atoms with Gasteiger partial charge in [-0.2, -0.15) is 0 Å². The van der Waals surface area contributed by atoms with Gasteiger partial charge in [0.05, 0.1) is 23.9 Å². The van der Waals surface area contributed by atoms with E-state index in [0.717, 1.165) is 6.26 Å². The molecule has 0 fully saturated rings. The van der Waals surface area contributed by atoms with Gasteiger partial charge in [0, 0.05) is 44.3 Å². The normalized spacial score (nSPS) is 14.5. The zero-order valence-corrected chi connectivity index (χ0v) is 18.5. The monoisotopic (exact) mass is 448 g/mol. The van der Waals surface area contributed by atoms with E-state index in [1.165, 1.54) is 17.0 Å². The van der Waals surface area contributed by atoms with Crippen molar-refractivity contribution >= 4 is 25.8 Å². The van der Waals surface area contributed by atoms with Gasteiger partial charge in [-0.25, -0.2) is 21.6 Å². The van der Waals surface area contributed by atoms with E-state index >= 15 is 0 Å². The van der Waals surface area contributed by atoms with Crippen LogP contribution in [0.2, 0.25) is 0 Å². The van der Waals surface area contributed by atoms with Crippen LogP contribution in [0.25, 0.3) is 0 Å². The molecule has 1 aliphatic heterocycles. The standard InChI is InChI=1S/C18H28N2O7S2/c1-14(2)20(9-12-28(3,22)23)18(21)7-8-19-29(24,25)15-5-6-16-17(13-15)27-11-4-10-26-16/h5-6,13-14,19H,4,7-12H2,1-3H3. The number of carbonyl (C=O) groups is 1. The van der Waals surface area contributed by atoms with E-state index in [9.17, 15) is 21.6 Å². The highest BCUT2D eigenvalue weighted by Crippen LogP contribution is 2.31. The second-order valence-electron chi connectivity index (χ2n) is 7.12. The summed E-state index contributed by atoms with van der Waals surface area (Å²) in [5.74, 6) is 0.410. The molecule has 0 saturated heterocycles. The number of rotatable bonds is 9. The molecule has 1 heterocycles. The van der Waals surface area contributed by atoms with Crippen molar-refractivity contribution in [2.75, 3.05) is 38.3 Å². The molecule has 0 saturated carbocycles. The lowest BCUT2D eigenvalue weighted by molar-refractivity contribution is -0.132. The maximum absolute atomic E-state index is 12.5. The number of sulfonamides is 1. The topological polar surface area (TPSA) is 119 Å². The molecule has 1 aromatic rings. The van der Waals surface area contributed by atoms with Gasteiger partial charge < -0.3 is 14.4 Å². The van der Waals surface area contributed by atoms with Crippen LogP contribution < -0.4 is 14.2 Å². The van der Waals surface area contributed by atoms with Gasteiger partial charge in [-0.05, 0) is 26.0 Å². The number of fused-ring (bicyclic) bond motifs is 1. The lowest BCUT2D eigenvalue weighted by Gasteiger charge is -2.26. The fourth-order valence-electron chi connectivity index (χ4n) is 2.77. The Hall–Kier alpha value is -1.85. The third-order valence-corrected chi connectivity index (χ3v) is 6.69. The van der Waals surface area contributed by atoms with Crippen molar-refractivity contribution in [3.8, 4) is 11.5 Å². The molecule has 0 spiro atoms.